The fraction of sp³-hybridized carbons (Fsp3) is 0.667. The van der Waals surface area contributed by atoms with Crippen molar-refractivity contribution < 1.29 is 23.9 Å². The van der Waals surface area contributed by atoms with Gasteiger partial charge in [-0.3, -0.25) is 9.59 Å². The van der Waals surface area contributed by atoms with Crippen LogP contribution in [0.15, 0.2) is 18.2 Å². The Bertz CT molecular complexity index is 914. The molecule has 0 aromatic heterocycles. The van der Waals surface area contributed by atoms with Crippen LogP contribution < -0.4 is 10.6 Å². The van der Waals surface area contributed by atoms with Gasteiger partial charge in [0.15, 0.2) is 0 Å². The molecule has 1 fully saturated rings. The maximum Gasteiger partial charge on any atom is 0.408 e. The van der Waals surface area contributed by atoms with E-state index in [1.54, 1.807) is 20.8 Å². The summed E-state index contributed by atoms with van der Waals surface area (Å²) < 4.78 is 10.6. The van der Waals surface area contributed by atoms with E-state index >= 15 is 0 Å². The van der Waals surface area contributed by atoms with E-state index in [0.29, 0.717) is 18.5 Å². The van der Waals surface area contributed by atoms with Gasteiger partial charge in [0, 0.05) is 5.69 Å². The normalized spacial score (nSPS) is 21.5. The standard InChI is InChI=1S/C27H40N2O5/c1-17(2)27(24(31)33-6)15-19-12-13-21(14-20(19)16-27)28-23(30)22(18-10-8-7-9-11-18)29-25(32)34-26(3,4)5/h12-14,17-18,22H,7-11,15-16H2,1-6H3,(H,28,30)(H,29,32)/t22-,27?/m0/s1. The van der Waals surface area contributed by atoms with Gasteiger partial charge >= 0.3 is 12.1 Å². The third-order valence-corrected chi connectivity index (χ3v) is 7.26. The van der Waals surface area contributed by atoms with Crippen LogP contribution in [0.4, 0.5) is 10.5 Å². The van der Waals surface area contributed by atoms with E-state index in [1.165, 1.54) is 7.11 Å². The monoisotopic (exact) mass is 472 g/mol. The fourth-order valence-corrected chi connectivity index (χ4v) is 5.29. The third kappa shape index (κ3) is 5.91. The molecule has 34 heavy (non-hydrogen) atoms. The first-order chi connectivity index (χ1) is 15.9. The number of alkyl carbamates (subject to hydrolysis) is 1. The van der Waals surface area contributed by atoms with Crippen LogP contribution in [0.5, 0.6) is 0 Å². The molecule has 2 amide bonds. The zero-order valence-corrected chi connectivity index (χ0v) is 21.5. The molecule has 0 saturated heterocycles. The highest BCUT2D eigenvalue weighted by atomic mass is 16.6. The Hall–Kier alpha value is -2.57. The number of fused-ring (bicyclic) bond motifs is 1. The van der Waals surface area contributed by atoms with Gasteiger partial charge in [-0.25, -0.2) is 4.79 Å². The minimum atomic E-state index is -0.659. The summed E-state index contributed by atoms with van der Waals surface area (Å²) in [5, 5.41) is 5.84. The Balaban J connectivity index is 1.77. The van der Waals surface area contributed by atoms with Crippen molar-refractivity contribution in [2.24, 2.45) is 17.3 Å². The van der Waals surface area contributed by atoms with Crippen LogP contribution in [-0.2, 0) is 31.9 Å². The summed E-state index contributed by atoms with van der Waals surface area (Å²) in [7, 11) is 1.43. The molecular formula is C27H40N2O5. The Morgan fingerprint density at radius 1 is 1.03 bits per heavy atom. The number of anilines is 1. The molecule has 188 valence electrons. The lowest BCUT2D eigenvalue weighted by atomic mass is 9.74. The largest absolute Gasteiger partial charge is 0.469 e. The van der Waals surface area contributed by atoms with Gasteiger partial charge in [0.25, 0.3) is 0 Å². The SMILES string of the molecule is COC(=O)C1(C(C)C)Cc2ccc(NC(=O)[C@@H](NC(=O)OC(C)(C)C)C3CCCCC3)cc2C1. The molecular weight excluding hydrogens is 432 g/mol. The van der Waals surface area contributed by atoms with Gasteiger partial charge in [-0.05, 0) is 81.5 Å². The number of ether oxygens (including phenoxy) is 2. The number of carbonyl (C=O) groups excluding carboxylic acids is 3. The van der Waals surface area contributed by atoms with E-state index in [1.807, 2.05) is 32.0 Å². The van der Waals surface area contributed by atoms with Crippen molar-refractivity contribution in [3.8, 4) is 0 Å². The number of carbonyl (C=O) groups is 3. The molecule has 0 bridgehead atoms. The molecule has 2 atom stereocenters. The molecule has 1 unspecified atom stereocenters. The smallest absolute Gasteiger partial charge is 0.408 e. The van der Waals surface area contributed by atoms with Crippen LogP contribution in [0.2, 0.25) is 0 Å². The molecule has 2 N–H and O–H groups in total. The molecule has 0 spiro atoms. The molecule has 0 aliphatic heterocycles. The van der Waals surface area contributed by atoms with E-state index in [0.717, 1.165) is 43.2 Å². The Kier molecular flexibility index (Phi) is 7.94. The van der Waals surface area contributed by atoms with Crippen molar-refractivity contribution in [2.75, 3.05) is 12.4 Å². The average Bonchev–Trinajstić information content (AvgIpc) is 3.16. The van der Waals surface area contributed by atoms with Crippen molar-refractivity contribution in [1.29, 1.82) is 0 Å². The van der Waals surface area contributed by atoms with E-state index < -0.39 is 23.2 Å². The maximum absolute atomic E-state index is 13.3. The van der Waals surface area contributed by atoms with Crippen LogP contribution >= 0.6 is 0 Å². The number of methoxy groups -OCH3 is 1. The predicted octanol–water partition coefficient (Wildman–Crippen LogP) is 5.01. The first-order valence-electron chi connectivity index (χ1n) is 12.5. The van der Waals surface area contributed by atoms with Gasteiger partial charge in [-0.15, -0.1) is 0 Å². The average molecular weight is 473 g/mol. The van der Waals surface area contributed by atoms with Crippen LogP contribution in [0.25, 0.3) is 0 Å². The van der Waals surface area contributed by atoms with E-state index in [9.17, 15) is 14.4 Å². The number of amides is 2. The molecule has 7 heteroatoms. The molecule has 1 aromatic carbocycles. The Morgan fingerprint density at radius 3 is 2.26 bits per heavy atom. The lowest BCUT2D eigenvalue weighted by Gasteiger charge is -2.31. The van der Waals surface area contributed by atoms with Gasteiger partial charge in [0.2, 0.25) is 5.91 Å². The lowest BCUT2D eigenvalue weighted by molar-refractivity contribution is -0.155. The number of rotatable bonds is 6. The van der Waals surface area contributed by atoms with Crippen molar-refractivity contribution in [3.05, 3.63) is 29.3 Å². The van der Waals surface area contributed by atoms with E-state index in [2.05, 4.69) is 10.6 Å². The second-order valence-electron chi connectivity index (χ2n) is 11.2. The van der Waals surface area contributed by atoms with E-state index in [-0.39, 0.29) is 23.7 Å². The van der Waals surface area contributed by atoms with Gasteiger partial charge in [-0.1, -0.05) is 39.2 Å². The highest BCUT2D eigenvalue weighted by Crippen LogP contribution is 2.44. The first-order valence-corrected chi connectivity index (χ1v) is 12.5. The summed E-state index contributed by atoms with van der Waals surface area (Å²) in [6.07, 6.45) is 5.68. The van der Waals surface area contributed by atoms with Crippen molar-refractivity contribution in [2.45, 2.75) is 91.2 Å². The fourth-order valence-electron chi connectivity index (χ4n) is 5.29. The molecule has 1 aromatic rings. The second kappa shape index (κ2) is 10.4. The third-order valence-electron chi connectivity index (χ3n) is 7.26. The topological polar surface area (TPSA) is 93.7 Å². The van der Waals surface area contributed by atoms with Crippen LogP contribution in [-0.4, -0.2) is 36.7 Å². The highest BCUT2D eigenvalue weighted by Gasteiger charge is 2.47. The summed E-state index contributed by atoms with van der Waals surface area (Å²) in [6.45, 7) is 9.50. The van der Waals surface area contributed by atoms with Gasteiger partial charge in [-0.2, -0.15) is 0 Å². The van der Waals surface area contributed by atoms with Crippen molar-refractivity contribution in [1.82, 2.24) is 5.32 Å². The first kappa shape index (κ1) is 26.0. The quantitative estimate of drug-likeness (QED) is 0.568. The maximum atomic E-state index is 13.3. The minimum absolute atomic E-state index is 0.0728. The lowest BCUT2D eigenvalue weighted by Crippen LogP contribution is -2.50. The predicted molar refractivity (Wildman–Crippen MR) is 131 cm³/mol. The van der Waals surface area contributed by atoms with Crippen LogP contribution in [0, 0.1) is 17.3 Å². The summed E-state index contributed by atoms with van der Waals surface area (Å²) in [5.41, 5.74) is 1.60. The molecule has 2 aliphatic rings. The van der Waals surface area contributed by atoms with Gasteiger partial charge in [0.1, 0.15) is 11.6 Å². The number of esters is 1. The number of benzene rings is 1. The van der Waals surface area contributed by atoms with Crippen molar-refractivity contribution in [3.63, 3.8) is 0 Å². The van der Waals surface area contributed by atoms with E-state index in [4.69, 9.17) is 9.47 Å². The van der Waals surface area contributed by atoms with Gasteiger partial charge in [0.05, 0.1) is 12.5 Å². The van der Waals surface area contributed by atoms with Crippen LogP contribution in [0.3, 0.4) is 0 Å². The Morgan fingerprint density at radius 2 is 1.68 bits per heavy atom. The summed E-state index contributed by atoms with van der Waals surface area (Å²) in [5.74, 6) is -0.232. The summed E-state index contributed by atoms with van der Waals surface area (Å²) >= 11 is 0. The number of nitrogens with one attached hydrogen (secondary N) is 2. The molecule has 7 nitrogen and oxygen atoms in total. The zero-order chi connectivity index (χ0) is 25.1. The second-order valence-corrected chi connectivity index (χ2v) is 11.2. The van der Waals surface area contributed by atoms with Crippen molar-refractivity contribution >= 4 is 23.7 Å². The molecule has 0 radical (unpaired) electrons. The number of hydrogen-bond donors (Lipinski definition) is 2. The molecule has 2 aliphatic carbocycles. The molecule has 0 heterocycles. The highest BCUT2D eigenvalue weighted by molar-refractivity contribution is 5.97. The van der Waals surface area contributed by atoms with Gasteiger partial charge < -0.3 is 20.1 Å². The zero-order valence-electron chi connectivity index (χ0n) is 21.5. The molecule has 1 saturated carbocycles. The van der Waals surface area contributed by atoms with Crippen LogP contribution in [0.1, 0.15) is 77.8 Å². The summed E-state index contributed by atoms with van der Waals surface area (Å²) in [4.78, 5) is 38.5. The molecule has 3 rings (SSSR count). The minimum Gasteiger partial charge on any atom is -0.469 e. The Labute approximate surface area is 203 Å². The summed E-state index contributed by atoms with van der Waals surface area (Å²) in [6, 6.07) is 5.14. The number of hydrogen-bond acceptors (Lipinski definition) is 5.